The molecule has 1 heterocycles. The number of aromatic nitrogens is 1. The predicted octanol–water partition coefficient (Wildman–Crippen LogP) is 5.80. The number of nitrogens with one attached hydrogen (secondary N) is 1. The molecule has 0 aliphatic carbocycles. The molecule has 0 radical (unpaired) electrons. The lowest BCUT2D eigenvalue weighted by molar-refractivity contribution is 0.0453. The van der Waals surface area contributed by atoms with Gasteiger partial charge in [-0.3, -0.25) is 4.79 Å². The van der Waals surface area contributed by atoms with Crippen LogP contribution in [-0.4, -0.2) is 30.7 Å². The van der Waals surface area contributed by atoms with Crippen LogP contribution >= 0.6 is 27.7 Å². The number of nitrogens with zero attached hydrogens (tertiary/aromatic N) is 1. The fourth-order valence-electron chi connectivity index (χ4n) is 2.65. The van der Waals surface area contributed by atoms with Crippen LogP contribution in [0.5, 0.6) is 0 Å². The Hall–Kier alpha value is -2.19. The fourth-order valence-corrected chi connectivity index (χ4v) is 3.79. The quantitative estimate of drug-likeness (QED) is 0.366. The molecule has 1 N–H and O–H groups in total. The van der Waals surface area contributed by atoms with Crippen LogP contribution in [0.3, 0.4) is 0 Å². The minimum absolute atomic E-state index is 0.197. The van der Waals surface area contributed by atoms with Crippen molar-refractivity contribution < 1.29 is 14.3 Å². The Morgan fingerprint density at radius 1 is 1.07 bits per heavy atom. The normalized spacial score (nSPS) is 10.7. The predicted molar refractivity (Wildman–Crippen MR) is 123 cm³/mol. The maximum Gasteiger partial charge on any atom is 0.258 e. The average Bonchev–Trinajstić information content (AvgIpc) is 2.76. The Balaban J connectivity index is 1.65. The van der Waals surface area contributed by atoms with Crippen LogP contribution in [0, 0.1) is 0 Å². The van der Waals surface area contributed by atoms with E-state index in [0.29, 0.717) is 42.7 Å². The van der Waals surface area contributed by atoms with Crippen LogP contribution in [0.4, 0.5) is 5.69 Å². The summed E-state index contributed by atoms with van der Waals surface area (Å²) in [4.78, 5) is 18.3. The van der Waals surface area contributed by atoms with Crippen molar-refractivity contribution in [1.82, 2.24) is 4.98 Å². The van der Waals surface area contributed by atoms with Crippen LogP contribution in [0.25, 0.3) is 0 Å². The Morgan fingerprint density at radius 3 is 2.67 bits per heavy atom. The van der Waals surface area contributed by atoms with Gasteiger partial charge in [0, 0.05) is 27.9 Å². The molecule has 7 heteroatoms. The Labute approximate surface area is 189 Å². The lowest BCUT2D eigenvalue weighted by Crippen LogP contribution is -2.13. The van der Waals surface area contributed by atoms with Crippen molar-refractivity contribution in [3.05, 3.63) is 82.5 Å². The molecule has 30 heavy (non-hydrogen) atoms. The molecule has 0 bridgehead atoms. The van der Waals surface area contributed by atoms with E-state index in [4.69, 9.17) is 9.47 Å². The Kier molecular flexibility index (Phi) is 8.89. The molecule has 5 nitrogen and oxygen atoms in total. The van der Waals surface area contributed by atoms with Crippen LogP contribution in [0.1, 0.15) is 22.8 Å². The lowest BCUT2D eigenvalue weighted by Gasteiger charge is -2.11. The van der Waals surface area contributed by atoms with E-state index in [2.05, 4.69) is 26.2 Å². The van der Waals surface area contributed by atoms with Crippen molar-refractivity contribution in [2.75, 3.05) is 25.1 Å². The van der Waals surface area contributed by atoms with E-state index >= 15 is 0 Å². The molecule has 3 rings (SSSR count). The maximum absolute atomic E-state index is 12.9. The first kappa shape index (κ1) is 22.5. The van der Waals surface area contributed by atoms with Crippen molar-refractivity contribution in [2.45, 2.75) is 23.5 Å². The van der Waals surface area contributed by atoms with E-state index in [9.17, 15) is 4.79 Å². The molecule has 1 amide bonds. The van der Waals surface area contributed by atoms with Crippen molar-refractivity contribution >= 4 is 39.3 Å². The first-order chi connectivity index (χ1) is 14.7. The summed E-state index contributed by atoms with van der Waals surface area (Å²) >= 11 is 4.89. The third-order valence-electron chi connectivity index (χ3n) is 4.07. The highest BCUT2D eigenvalue weighted by Gasteiger charge is 2.14. The molecule has 0 saturated carbocycles. The summed E-state index contributed by atoms with van der Waals surface area (Å²) in [6.07, 6.45) is 1.69. The number of benzene rings is 2. The number of carbonyl (C=O) groups excluding carboxylic acids is 1. The molecule has 0 aliphatic rings. The number of carbonyl (C=O) groups is 1. The van der Waals surface area contributed by atoms with Gasteiger partial charge in [0.2, 0.25) is 0 Å². The topological polar surface area (TPSA) is 60.5 Å². The molecule has 3 aromatic rings. The number of hydrogen-bond donors (Lipinski definition) is 1. The molecule has 0 aliphatic heterocycles. The molecular weight excluding hydrogens is 464 g/mol. The molecule has 0 atom stereocenters. The molecule has 2 aromatic carbocycles. The summed E-state index contributed by atoms with van der Waals surface area (Å²) in [7, 11) is 0. The van der Waals surface area contributed by atoms with Crippen LogP contribution in [0.15, 0.2) is 81.3 Å². The summed E-state index contributed by atoms with van der Waals surface area (Å²) in [5, 5.41) is 3.62. The summed E-state index contributed by atoms with van der Waals surface area (Å²) in [5.41, 5.74) is 2.23. The largest absolute Gasteiger partial charge is 0.379 e. The summed E-state index contributed by atoms with van der Waals surface area (Å²) in [6.45, 7) is 4.22. The molecule has 1 aromatic heterocycles. The molecule has 0 spiro atoms. The first-order valence-corrected chi connectivity index (χ1v) is 11.2. The van der Waals surface area contributed by atoms with Crippen molar-refractivity contribution in [1.29, 1.82) is 0 Å². The Morgan fingerprint density at radius 2 is 1.87 bits per heavy atom. The monoisotopic (exact) mass is 486 g/mol. The van der Waals surface area contributed by atoms with E-state index in [0.717, 1.165) is 14.9 Å². The van der Waals surface area contributed by atoms with E-state index in [-0.39, 0.29) is 5.91 Å². The molecule has 0 saturated heterocycles. The highest BCUT2D eigenvalue weighted by molar-refractivity contribution is 9.10. The van der Waals surface area contributed by atoms with Gasteiger partial charge < -0.3 is 14.8 Å². The number of halogens is 1. The van der Waals surface area contributed by atoms with E-state index in [1.165, 1.54) is 11.8 Å². The van der Waals surface area contributed by atoms with Gasteiger partial charge in [-0.1, -0.05) is 39.8 Å². The number of hydrogen-bond acceptors (Lipinski definition) is 5. The van der Waals surface area contributed by atoms with Crippen LogP contribution in [-0.2, 0) is 16.1 Å². The highest BCUT2D eigenvalue weighted by Crippen LogP contribution is 2.30. The first-order valence-electron chi connectivity index (χ1n) is 9.60. The second-order valence-corrected chi connectivity index (χ2v) is 8.29. The zero-order valence-corrected chi connectivity index (χ0v) is 19.0. The number of amides is 1. The zero-order chi connectivity index (χ0) is 21.2. The summed E-state index contributed by atoms with van der Waals surface area (Å²) in [5.74, 6) is -0.197. The van der Waals surface area contributed by atoms with E-state index in [1.807, 2.05) is 55.5 Å². The van der Waals surface area contributed by atoms with E-state index in [1.54, 1.807) is 18.3 Å². The van der Waals surface area contributed by atoms with Gasteiger partial charge in [0.25, 0.3) is 5.91 Å². The molecule has 156 valence electrons. The Bertz CT molecular complexity index is 967. The zero-order valence-electron chi connectivity index (χ0n) is 16.6. The third-order valence-corrected chi connectivity index (χ3v) is 5.63. The van der Waals surface area contributed by atoms with Gasteiger partial charge in [-0.2, -0.15) is 0 Å². The lowest BCUT2D eigenvalue weighted by atomic mass is 10.2. The van der Waals surface area contributed by atoms with Crippen LogP contribution < -0.4 is 5.32 Å². The number of pyridine rings is 1. The summed E-state index contributed by atoms with van der Waals surface area (Å²) < 4.78 is 11.9. The maximum atomic E-state index is 12.9. The standard InChI is InChI=1S/C23H23BrN2O3S/c1-2-28-13-14-29-16-17-5-3-6-19(15-17)26-22(27)21-7-4-12-25-23(21)30-20-10-8-18(24)9-11-20/h3-12,15H,2,13-14,16H2,1H3,(H,26,27). The number of ether oxygens (including phenoxy) is 2. The molecule has 0 unspecified atom stereocenters. The SMILES string of the molecule is CCOCCOCc1cccc(NC(=O)c2cccnc2Sc2ccc(Br)cc2)c1. The average molecular weight is 487 g/mol. The van der Waals surface area contributed by atoms with Crippen LogP contribution in [0.2, 0.25) is 0 Å². The molecular formula is C23H23BrN2O3S. The number of rotatable bonds is 10. The second-order valence-electron chi connectivity index (χ2n) is 6.32. The van der Waals surface area contributed by atoms with Crippen molar-refractivity contribution in [2.24, 2.45) is 0 Å². The third kappa shape index (κ3) is 6.95. The summed E-state index contributed by atoms with van der Waals surface area (Å²) in [6, 6.07) is 19.1. The van der Waals surface area contributed by atoms with Gasteiger partial charge >= 0.3 is 0 Å². The highest BCUT2D eigenvalue weighted by atomic mass is 79.9. The van der Waals surface area contributed by atoms with E-state index < -0.39 is 0 Å². The van der Waals surface area contributed by atoms with Gasteiger partial charge in [0.05, 0.1) is 25.4 Å². The smallest absolute Gasteiger partial charge is 0.258 e. The van der Waals surface area contributed by atoms with Gasteiger partial charge in [-0.05, 0) is 61.0 Å². The van der Waals surface area contributed by atoms with Gasteiger partial charge in [0.1, 0.15) is 5.03 Å². The minimum Gasteiger partial charge on any atom is -0.379 e. The minimum atomic E-state index is -0.197. The van der Waals surface area contributed by atoms with Crippen molar-refractivity contribution in [3.63, 3.8) is 0 Å². The second kappa shape index (κ2) is 11.9. The fraction of sp³-hybridized carbons (Fsp3) is 0.217. The van der Waals surface area contributed by atoms with Gasteiger partial charge in [0.15, 0.2) is 0 Å². The van der Waals surface area contributed by atoms with Gasteiger partial charge in [-0.25, -0.2) is 4.98 Å². The number of anilines is 1. The molecule has 0 fully saturated rings. The van der Waals surface area contributed by atoms with Crippen molar-refractivity contribution in [3.8, 4) is 0 Å². The van der Waals surface area contributed by atoms with Gasteiger partial charge in [-0.15, -0.1) is 0 Å².